The van der Waals surface area contributed by atoms with Crippen molar-refractivity contribution in [2.75, 3.05) is 0 Å². The van der Waals surface area contributed by atoms with Crippen LogP contribution < -0.4 is 17.0 Å². The number of rotatable bonds is 11. The Morgan fingerprint density at radius 1 is 1.04 bits per heavy atom. The van der Waals surface area contributed by atoms with Crippen LogP contribution in [0.25, 0.3) is 0 Å². The smallest absolute Gasteiger partial charge is 0.236 e. The molecular formula is C18H29N7O2. The van der Waals surface area contributed by atoms with Crippen LogP contribution >= 0.6 is 0 Å². The van der Waals surface area contributed by atoms with E-state index >= 15 is 0 Å². The summed E-state index contributed by atoms with van der Waals surface area (Å²) in [5.74, 6) is 3.81. The summed E-state index contributed by atoms with van der Waals surface area (Å²) in [6.07, 6.45) is 13.0. The van der Waals surface area contributed by atoms with Crippen LogP contribution in [0.1, 0.15) is 51.6 Å². The minimum Gasteiger partial charge on any atom is -0.369 e. The van der Waals surface area contributed by atoms with Gasteiger partial charge in [0.15, 0.2) is 0 Å². The third-order valence-corrected chi connectivity index (χ3v) is 5.13. The maximum Gasteiger partial charge on any atom is 0.236 e. The lowest BCUT2D eigenvalue weighted by Gasteiger charge is -2.27. The van der Waals surface area contributed by atoms with E-state index in [1.807, 2.05) is 28.5 Å². The highest BCUT2D eigenvalue weighted by Gasteiger charge is 2.28. The van der Waals surface area contributed by atoms with Crippen LogP contribution in [0.4, 0.5) is 0 Å². The monoisotopic (exact) mass is 375 g/mol. The van der Waals surface area contributed by atoms with Gasteiger partial charge < -0.3 is 14.9 Å². The zero-order valence-electron chi connectivity index (χ0n) is 15.9. The first-order valence-corrected chi connectivity index (χ1v) is 9.20. The second-order valence-corrected chi connectivity index (χ2v) is 6.94. The Balaban J connectivity index is 2.15. The minimum atomic E-state index is -0.436. The Bertz CT molecular complexity index is 699. The third-order valence-electron chi connectivity index (χ3n) is 5.13. The van der Waals surface area contributed by atoms with Gasteiger partial charge in [0.1, 0.15) is 0 Å². The molecule has 0 aromatic carbocycles. The van der Waals surface area contributed by atoms with E-state index in [2.05, 4.69) is 22.3 Å². The van der Waals surface area contributed by atoms with Crippen molar-refractivity contribution in [1.29, 1.82) is 0 Å². The Morgan fingerprint density at radius 3 is 2.15 bits per heavy atom. The molecule has 0 aliphatic heterocycles. The van der Waals surface area contributed by atoms with Crippen molar-refractivity contribution >= 4 is 11.8 Å². The summed E-state index contributed by atoms with van der Waals surface area (Å²) in [5, 5.41) is 0. The summed E-state index contributed by atoms with van der Waals surface area (Å²) < 4.78 is 4.02. The number of nitrogens with one attached hydrogen (secondary N) is 1. The minimum absolute atomic E-state index is 0.0147. The van der Waals surface area contributed by atoms with Crippen molar-refractivity contribution in [3.8, 4) is 0 Å². The normalized spacial score (nSPS) is 15.7. The van der Waals surface area contributed by atoms with Gasteiger partial charge in [-0.05, 0) is 32.6 Å². The molecule has 0 saturated carbocycles. The van der Waals surface area contributed by atoms with Crippen LogP contribution in [0.15, 0.2) is 37.4 Å². The first-order valence-electron chi connectivity index (χ1n) is 9.20. The van der Waals surface area contributed by atoms with Crippen LogP contribution in [0.2, 0.25) is 0 Å². The number of hydrogen-bond acceptors (Lipinski definition) is 5. The van der Waals surface area contributed by atoms with Crippen molar-refractivity contribution in [2.24, 2.45) is 23.4 Å². The van der Waals surface area contributed by atoms with Crippen molar-refractivity contribution < 1.29 is 9.59 Å². The Kier molecular flexibility index (Phi) is 7.54. The molecule has 9 heteroatoms. The number of primary amides is 1. The van der Waals surface area contributed by atoms with Gasteiger partial charge in [0.25, 0.3) is 0 Å². The number of carbonyl (C=O) groups excluding carboxylic acids is 2. The molecule has 2 heterocycles. The molecule has 4 atom stereocenters. The SMILES string of the molecule is CCC(CC(CC(CC(C)n1ccnc1)n1ccnc1)C(N)=O)C(=O)NN. The second-order valence-electron chi connectivity index (χ2n) is 6.94. The standard InChI is InChI=1S/C18H29N7O2/c1-3-14(18(27)23-20)9-15(17(19)26)10-16(25-7-5-22-12-25)8-13(2)24-6-4-21-11-24/h4-7,11-16H,3,8-10,20H2,1-2H3,(H2,19,26)(H,23,27). The van der Waals surface area contributed by atoms with Gasteiger partial charge in [0, 0.05) is 48.7 Å². The molecule has 148 valence electrons. The first-order chi connectivity index (χ1) is 13.0. The molecule has 0 radical (unpaired) electrons. The maximum absolute atomic E-state index is 12.1. The summed E-state index contributed by atoms with van der Waals surface area (Å²) in [6.45, 7) is 3.99. The number of nitrogens with two attached hydrogens (primary N) is 2. The number of imidazole rings is 2. The van der Waals surface area contributed by atoms with Gasteiger partial charge in [0.05, 0.1) is 12.7 Å². The van der Waals surface area contributed by atoms with Crippen molar-refractivity contribution in [3.05, 3.63) is 37.4 Å². The molecule has 5 N–H and O–H groups in total. The van der Waals surface area contributed by atoms with Crippen molar-refractivity contribution in [3.63, 3.8) is 0 Å². The molecule has 0 aliphatic rings. The molecule has 0 aliphatic carbocycles. The molecule has 9 nitrogen and oxygen atoms in total. The fourth-order valence-corrected chi connectivity index (χ4v) is 3.45. The third kappa shape index (κ3) is 5.65. The zero-order chi connectivity index (χ0) is 19.8. The van der Waals surface area contributed by atoms with E-state index in [1.54, 1.807) is 25.0 Å². The number of amides is 2. The predicted octanol–water partition coefficient (Wildman–Crippen LogP) is 1.17. The highest BCUT2D eigenvalue weighted by Crippen LogP contribution is 2.30. The predicted molar refractivity (Wildman–Crippen MR) is 101 cm³/mol. The summed E-state index contributed by atoms with van der Waals surface area (Å²) >= 11 is 0. The molecule has 0 fully saturated rings. The van der Waals surface area contributed by atoms with E-state index in [9.17, 15) is 9.59 Å². The molecule has 4 unspecified atom stereocenters. The number of hydrazine groups is 1. The van der Waals surface area contributed by atoms with Crippen LogP contribution in [-0.2, 0) is 9.59 Å². The quantitative estimate of drug-likeness (QED) is 0.308. The fourth-order valence-electron chi connectivity index (χ4n) is 3.45. The summed E-state index contributed by atoms with van der Waals surface area (Å²) in [7, 11) is 0. The van der Waals surface area contributed by atoms with E-state index in [4.69, 9.17) is 11.6 Å². The lowest BCUT2D eigenvalue weighted by Crippen LogP contribution is -2.38. The van der Waals surface area contributed by atoms with Gasteiger partial charge in [-0.15, -0.1) is 0 Å². The van der Waals surface area contributed by atoms with E-state index in [-0.39, 0.29) is 23.9 Å². The van der Waals surface area contributed by atoms with E-state index < -0.39 is 11.8 Å². The Labute approximate surface area is 159 Å². The number of hydrogen-bond donors (Lipinski definition) is 3. The fraction of sp³-hybridized carbons (Fsp3) is 0.556. The largest absolute Gasteiger partial charge is 0.369 e. The lowest BCUT2D eigenvalue weighted by atomic mass is 9.85. The maximum atomic E-state index is 12.1. The lowest BCUT2D eigenvalue weighted by molar-refractivity contribution is -0.127. The molecular weight excluding hydrogens is 346 g/mol. The van der Waals surface area contributed by atoms with Gasteiger partial charge in [-0.3, -0.25) is 15.0 Å². The molecule has 2 rings (SSSR count). The van der Waals surface area contributed by atoms with Gasteiger partial charge in [-0.1, -0.05) is 6.92 Å². The zero-order valence-corrected chi connectivity index (χ0v) is 15.9. The summed E-state index contributed by atoms with van der Waals surface area (Å²) in [5.41, 5.74) is 7.84. The van der Waals surface area contributed by atoms with Crippen LogP contribution in [0, 0.1) is 11.8 Å². The van der Waals surface area contributed by atoms with Crippen LogP contribution in [0.3, 0.4) is 0 Å². The van der Waals surface area contributed by atoms with Crippen molar-refractivity contribution in [1.82, 2.24) is 24.5 Å². The molecule has 0 saturated heterocycles. The van der Waals surface area contributed by atoms with Gasteiger partial charge in [-0.25, -0.2) is 15.8 Å². The molecule has 0 spiro atoms. The topological polar surface area (TPSA) is 134 Å². The highest BCUT2D eigenvalue weighted by atomic mass is 16.2. The highest BCUT2D eigenvalue weighted by molar-refractivity contribution is 5.80. The number of aromatic nitrogens is 4. The van der Waals surface area contributed by atoms with E-state index in [0.29, 0.717) is 19.3 Å². The Hall–Kier alpha value is -2.68. The van der Waals surface area contributed by atoms with Crippen LogP contribution in [-0.4, -0.2) is 30.9 Å². The average Bonchev–Trinajstić information content (AvgIpc) is 3.37. The molecule has 2 aromatic rings. The number of carbonyl (C=O) groups is 2. The molecule has 27 heavy (non-hydrogen) atoms. The average molecular weight is 375 g/mol. The Morgan fingerprint density at radius 2 is 1.67 bits per heavy atom. The molecule has 0 bridgehead atoms. The summed E-state index contributed by atoms with van der Waals surface area (Å²) in [4.78, 5) is 32.3. The first kappa shape index (κ1) is 20.6. The second kappa shape index (κ2) is 9.86. The number of nitrogens with zero attached hydrogens (tertiary/aromatic N) is 4. The van der Waals surface area contributed by atoms with Crippen LogP contribution in [0.5, 0.6) is 0 Å². The van der Waals surface area contributed by atoms with Crippen molar-refractivity contribution in [2.45, 2.75) is 51.6 Å². The molecule has 2 aromatic heterocycles. The molecule has 2 amide bonds. The summed E-state index contributed by atoms with van der Waals surface area (Å²) in [6, 6.07) is 0.198. The van der Waals surface area contributed by atoms with E-state index in [0.717, 1.165) is 6.42 Å². The van der Waals surface area contributed by atoms with Gasteiger partial charge >= 0.3 is 0 Å². The van der Waals surface area contributed by atoms with E-state index in [1.165, 1.54) is 0 Å². The van der Waals surface area contributed by atoms with Gasteiger partial charge in [-0.2, -0.15) is 0 Å². The van der Waals surface area contributed by atoms with Gasteiger partial charge in [0.2, 0.25) is 11.8 Å².